The summed E-state index contributed by atoms with van der Waals surface area (Å²) in [6.07, 6.45) is 11.1. The summed E-state index contributed by atoms with van der Waals surface area (Å²) < 4.78 is 0. The molecule has 3 rings (SSSR count). The molecule has 0 aromatic rings. The average molecular weight is 292 g/mol. The molecule has 1 unspecified atom stereocenters. The molecule has 0 bridgehead atoms. The van der Waals surface area contributed by atoms with Crippen LogP contribution in [0.4, 0.5) is 0 Å². The first-order chi connectivity index (χ1) is 10.2. The Balaban J connectivity index is 1.61. The smallest absolute Gasteiger partial charge is 0.243 e. The highest BCUT2D eigenvalue weighted by molar-refractivity contribution is 5.93. The van der Waals surface area contributed by atoms with Crippen molar-refractivity contribution in [3.63, 3.8) is 0 Å². The molecule has 1 saturated heterocycles. The van der Waals surface area contributed by atoms with Crippen LogP contribution in [0.5, 0.6) is 0 Å². The third-order valence-corrected chi connectivity index (χ3v) is 5.64. The Morgan fingerprint density at radius 1 is 1.14 bits per heavy atom. The zero-order valence-electron chi connectivity index (χ0n) is 13.1. The van der Waals surface area contributed by atoms with Gasteiger partial charge < -0.3 is 10.2 Å². The SMILES string of the molecule is CCC(C(=O)NC1CCCCC1)N1C(=O)[C@@H]2CCCC[C@@H]21. The predicted molar refractivity (Wildman–Crippen MR) is 81.7 cm³/mol. The Bertz CT molecular complexity index is 404. The van der Waals surface area contributed by atoms with Gasteiger partial charge in [0.05, 0.1) is 5.92 Å². The van der Waals surface area contributed by atoms with Gasteiger partial charge in [-0.25, -0.2) is 0 Å². The van der Waals surface area contributed by atoms with Crippen LogP contribution < -0.4 is 5.32 Å². The van der Waals surface area contributed by atoms with Crippen molar-refractivity contribution in [1.29, 1.82) is 0 Å². The molecule has 1 aliphatic heterocycles. The molecule has 1 N–H and O–H groups in total. The van der Waals surface area contributed by atoms with Crippen LogP contribution in [-0.4, -0.2) is 34.8 Å². The number of β-lactam (4-membered cyclic amide) rings is 1. The van der Waals surface area contributed by atoms with Crippen LogP contribution in [-0.2, 0) is 9.59 Å². The summed E-state index contributed by atoms with van der Waals surface area (Å²) in [6, 6.07) is 0.436. The van der Waals surface area contributed by atoms with Gasteiger partial charge in [-0.05, 0) is 32.1 Å². The Labute approximate surface area is 127 Å². The predicted octanol–water partition coefficient (Wildman–Crippen LogP) is 2.61. The largest absolute Gasteiger partial charge is 0.352 e. The fraction of sp³-hybridized carbons (Fsp3) is 0.882. The van der Waals surface area contributed by atoms with Crippen molar-refractivity contribution < 1.29 is 9.59 Å². The molecule has 21 heavy (non-hydrogen) atoms. The number of nitrogens with zero attached hydrogens (tertiary/aromatic N) is 1. The first-order valence-corrected chi connectivity index (χ1v) is 8.85. The quantitative estimate of drug-likeness (QED) is 0.810. The summed E-state index contributed by atoms with van der Waals surface area (Å²) in [4.78, 5) is 26.8. The first kappa shape index (κ1) is 14.9. The van der Waals surface area contributed by atoms with Crippen molar-refractivity contribution in [2.45, 2.75) is 89.3 Å². The zero-order valence-corrected chi connectivity index (χ0v) is 13.1. The van der Waals surface area contributed by atoms with E-state index in [9.17, 15) is 9.59 Å². The molecule has 1 heterocycles. The second kappa shape index (κ2) is 6.37. The minimum atomic E-state index is -0.237. The van der Waals surface area contributed by atoms with Gasteiger partial charge in [0.1, 0.15) is 6.04 Å². The Kier molecular flexibility index (Phi) is 4.51. The molecule has 0 aromatic heterocycles. The van der Waals surface area contributed by atoms with Crippen LogP contribution >= 0.6 is 0 Å². The minimum absolute atomic E-state index is 0.0850. The summed E-state index contributed by atoms with van der Waals surface area (Å²) in [7, 11) is 0. The van der Waals surface area contributed by atoms with Gasteiger partial charge in [-0.1, -0.05) is 39.0 Å². The third-order valence-electron chi connectivity index (χ3n) is 5.64. The molecular formula is C17H28N2O2. The molecule has 4 nitrogen and oxygen atoms in total. The maximum atomic E-state index is 12.6. The number of carbonyl (C=O) groups excluding carboxylic acids is 2. The molecule has 2 saturated carbocycles. The number of hydrogen-bond acceptors (Lipinski definition) is 2. The second-order valence-electron chi connectivity index (χ2n) is 6.97. The van der Waals surface area contributed by atoms with E-state index in [0.717, 1.165) is 32.1 Å². The lowest BCUT2D eigenvalue weighted by atomic mass is 9.75. The highest BCUT2D eigenvalue weighted by Gasteiger charge is 2.51. The molecule has 3 aliphatic rings. The van der Waals surface area contributed by atoms with Gasteiger partial charge in [0.2, 0.25) is 11.8 Å². The monoisotopic (exact) mass is 292 g/mol. The van der Waals surface area contributed by atoms with Gasteiger partial charge in [-0.15, -0.1) is 0 Å². The van der Waals surface area contributed by atoms with Crippen LogP contribution in [0.2, 0.25) is 0 Å². The van der Waals surface area contributed by atoms with Gasteiger partial charge in [-0.3, -0.25) is 9.59 Å². The summed E-state index contributed by atoms with van der Waals surface area (Å²) in [5, 5.41) is 3.20. The maximum absolute atomic E-state index is 12.6. The van der Waals surface area contributed by atoms with E-state index in [-0.39, 0.29) is 23.8 Å². The van der Waals surface area contributed by atoms with E-state index in [2.05, 4.69) is 5.32 Å². The van der Waals surface area contributed by atoms with Gasteiger partial charge in [0.25, 0.3) is 0 Å². The normalized spacial score (nSPS) is 31.3. The molecule has 4 heteroatoms. The number of hydrogen-bond donors (Lipinski definition) is 1. The first-order valence-electron chi connectivity index (χ1n) is 8.85. The van der Waals surface area contributed by atoms with Gasteiger partial charge in [0, 0.05) is 12.1 Å². The van der Waals surface area contributed by atoms with Crippen LogP contribution in [0.3, 0.4) is 0 Å². The molecule has 0 radical (unpaired) electrons. The average Bonchev–Trinajstić information content (AvgIpc) is 2.52. The lowest BCUT2D eigenvalue weighted by Gasteiger charge is -2.52. The number of likely N-dealkylation sites (tertiary alicyclic amines) is 1. The molecule has 2 amide bonds. The topological polar surface area (TPSA) is 49.4 Å². The zero-order chi connectivity index (χ0) is 14.8. The minimum Gasteiger partial charge on any atom is -0.352 e. The summed E-state index contributed by atoms with van der Waals surface area (Å²) >= 11 is 0. The van der Waals surface area contributed by atoms with Crippen molar-refractivity contribution in [2.75, 3.05) is 0 Å². The van der Waals surface area contributed by atoms with Crippen molar-refractivity contribution in [3.05, 3.63) is 0 Å². The van der Waals surface area contributed by atoms with E-state index in [1.54, 1.807) is 0 Å². The Morgan fingerprint density at radius 2 is 1.81 bits per heavy atom. The summed E-state index contributed by atoms with van der Waals surface area (Å²) in [5.74, 6) is 0.530. The van der Waals surface area contributed by atoms with E-state index in [0.29, 0.717) is 12.1 Å². The Hall–Kier alpha value is -1.06. The third kappa shape index (κ3) is 2.82. The number of amides is 2. The molecule has 118 valence electrons. The molecular weight excluding hydrogens is 264 g/mol. The second-order valence-corrected chi connectivity index (χ2v) is 6.97. The fourth-order valence-corrected chi connectivity index (χ4v) is 4.44. The van der Waals surface area contributed by atoms with Gasteiger partial charge >= 0.3 is 0 Å². The molecule has 3 fully saturated rings. The molecule has 0 aromatic carbocycles. The Morgan fingerprint density at radius 3 is 2.52 bits per heavy atom. The summed E-state index contributed by atoms with van der Waals surface area (Å²) in [6.45, 7) is 2.02. The molecule has 3 atom stereocenters. The standard InChI is InChI=1S/C17H28N2O2/c1-2-14(16(20)18-12-8-4-3-5-9-12)19-15-11-7-6-10-13(15)17(19)21/h12-15H,2-11H2,1H3,(H,18,20)/t13-,14?,15+/m1/s1. The highest BCUT2D eigenvalue weighted by atomic mass is 16.2. The fourth-order valence-electron chi connectivity index (χ4n) is 4.44. The van der Waals surface area contributed by atoms with Crippen molar-refractivity contribution >= 4 is 11.8 Å². The van der Waals surface area contributed by atoms with Crippen molar-refractivity contribution in [1.82, 2.24) is 10.2 Å². The van der Waals surface area contributed by atoms with Gasteiger partial charge in [-0.2, -0.15) is 0 Å². The van der Waals surface area contributed by atoms with E-state index in [4.69, 9.17) is 0 Å². The lowest BCUT2D eigenvalue weighted by molar-refractivity contribution is -0.168. The molecule has 0 spiro atoms. The number of rotatable bonds is 4. The van der Waals surface area contributed by atoms with E-state index < -0.39 is 0 Å². The number of nitrogens with one attached hydrogen (secondary N) is 1. The lowest BCUT2D eigenvalue weighted by Crippen LogP contribution is -2.68. The van der Waals surface area contributed by atoms with E-state index in [1.165, 1.54) is 32.1 Å². The van der Waals surface area contributed by atoms with Crippen LogP contribution in [0.1, 0.15) is 71.1 Å². The van der Waals surface area contributed by atoms with Crippen molar-refractivity contribution in [2.24, 2.45) is 5.92 Å². The van der Waals surface area contributed by atoms with Crippen LogP contribution in [0.15, 0.2) is 0 Å². The van der Waals surface area contributed by atoms with Crippen LogP contribution in [0, 0.1) is 5.92 Å². The van der Waals surface area contributed by atoms with E-state index >= 15 is 0 Å². The van der Waals surface area contributed by atoms with Crippen LogP contribution in [0.25, 0.3) is 0 Å². The maximum Gasteiger partial charge on any atom is 0.243 e. The highest BCUT2D eigenvalue weighted by Crippen LogP contribution is 2.40. The number of fused-ring (bicyclic) bond motifs is 1. The van der Waals surface area contributed by atoms with E-state index in [1.807, 2.05) is 11.8 Å². The molecule has 2 aliphatic carbocycles. The number of carbonyl (C=O) groups is 2. The van der Waals surface area contributed by atoms with Crippen molar-refractivity contribution in [3.8, 4) is 0 Å². The summed E-state index contributed by atoms with van der Waals surface area (Å²) in [5.41, 5.74) is 0. The van der Waals surface area contributed by atoms with Gasteiger partial charge in [0.15, 0.2) is 0 Å².